The van der Waals surface area contributed by atoms with Crippen molar-refractivity contribution in [3.63, 3.8) is 0 Å². The molecule has 1 N–H and O–H groups in total. The van der Waals surface area contributed by atoms with E-state index in [4.69, 9.17) is 0 Å². The lowest BCUT2D eigenvalue weighted by Gasteiger charge is -2.26. The molecule has 1 aliphatic rings. The minimum Gasteiger partial charge on any atom is -0.342 e. The fourth-order valence-electron chi connectivity index (χ4n) is 3.27. The fraction of sp³-hybridized carbons (Fsp3) is 0.444. The molecule has 2 heterocycles. The van der Waals surface area contributed by atoms with Gasteiger partial charge in [0.2, 0.25) is 0 Å². The van der Waals surface area contributed by atoms with Gasteiger partial charge in [0.25, 0.3) is 5.91 Å². The van der Waals surface area contributed by atoms with Gasteiger partial charge < -0.3 is 5.32 Å². The standard InChI is InChI=1S/C18H21FN4O/c19-15-12-20-10-7-14(15)18(24)23-16(17-21-8-4-9-22-17)11-13-5-2-1-3-6-13/h4,7-10,12-13,16H,1-3,5-6,11H2,(H,23,24). The highest BCUT2D eigenvalue weighted by Crippen LogP contribution is 2.31. The highest BCUT2D eigenvalue weighted by atomic mass is 19.1. The Morgan fingerprint density at radius 3 is 2.67 bits per heavy atom. The number of halogens is 1. The van der Waals surface area contributed by atoms with Crippen LogP contribution in [0.5, 0.6) is 0 Å². The Morgan fingerprint density at radius 2 is 1.96 bits per heavy atom. The van der Waals surface area contributed by atoms with Crippen LogP contribution >= 0.6 is 0 Å². The molecular weight excluding hydrogens is 307 g/mol. The number of amides is 1. The third-order valence-electron chi connectivity index (χ3n) is 4.51. The Hall–Kier alpha value is -2.37. The number of carbonyl (C=O) groups excluding carboxylic acids is 1. The minimum atomic E-state index is -0.625. The van der Waals surface area contributed by atoms with Crippen LogP contribution in [0.1, 0.15) is 60.7 Å². The van der Waals surface area contributed by atoms with Crippen molar-refractivity contribution in [2.75, 3.05) is 0 Å². The molecule has 5 nitrogen and oxygen atoms in total. The van der Waals surface area contributed by atoms with E-state index in [0.29, 0.717) is 11.7 Å². The number of carbonyl (C=O) groups is 1. The van der Waals surface area contributed by atoms with Gasteiger partial charge in [-0.3, -0.25) is 9.78 Å². The molecule has 0 aliphatic heterocycles. The van der Waals surface area contributed by atoms with Crippen molar-refractivity contribution in [2.24, 2.45) is 5.92 Å². The Kier molecular flexibility index (Phi) is 5.46. The first-order chi connectivity index (χ1) is 11.7. The molecule has 126 valence electrons. The van der Waals surface area contributed by atoms with Crippen LogP contribution in [0, 0.1) is 11.7 Å². The van der Waals surface area contributed by atoms with Crippen LogP contribution in [0.15, 0.2) is 36.9 Å². The predicted octanol–water partition coefficient (Wildman–Crippen LogP) is 3.45. The third-order valence-corrected chi connectivity index (χ3v) is 4.51. The largest absolute Gasteiger partial charge is 0.342 e. The molecule has 1 atom stereocenters. The first-order valence-corrected chi connectivity index (χ1v) is 8.41. The van der Waals surface area contributed by atoms with E-state index >= 15 is 0 Å². The number of hydrogen-bond acceptors (Lipinski definition) is 4. The molecule has 6 heteroatoms. The summed E-state index contributed by atoms with van der Waals surface area (Å²) in [4.78, 5) is 24.7. The van der Waals surface area contributed by atoms with Gasteiger partial charge in [-0.1, -0.05) is 32.1 Å². The number of nitrogens with one attached hydrogen (secondary N) is 1. The lowest BCUT2D eigenvalue weighted by molar-refractivity contribution is 0.0921. The van der Waals surface area contributed by atoms with E-state index in [1.165, 1.54) is 31.5 Å². The van der Waals surface area contributed by atoms with Crippen molar-refractivity contribution in [1.82, 2.24) is 20.3 Å². The molecule has 0 saturated heterocycles. The molecule has 3 rings (SSSR count). The highest BCUT2D eigenvalue weighted by Gasteiger charge is 2.24. The van der Waals surface area contributed by atoms with E-state index in [1.807, 2.05) is 0 Å². The van der Waals surface area contributed by atoms with E-state index < -0.39 is 11.7 Å². The summed E-state index contributed by atoms with van der Waals surface area (Å²) in [6.07, 6.45) is 12.6. The van der Waals surface area contributed by atoms with E-state index in [2.05, 4.69) is 20.3 Å². The van der Waals surface area contributed by atoms with E-state index in [0.717, 1.165) is 25.5 Å². The summed E-state index contributed by atoms with van der Waals surface area (Å²) in [6.45, 7) is 0. The lowest BCUT2D eigenvalue weighted by Crippen LogP contribution is -2.32. The zero-order chi connectivity index (χ0) is 16.8. The summed E-state index contributed by atoms with van der Waals surface area (Å²) >= 11 is 0. The molecule has 1 amide bonds. The maximum Gasteiger partial charge on any atom is 0.254 e. The Morgan fingerprint density at radius 1 is 1.21 bits per heavy atom. The van der Waals surface area contributed by atoms with Crippen LogP contribution in [-0.4, -0.2) is 20.9 Å². The quantitative estimate of drug-likeness (QED) is 0.913. The van der Waals surface area contributed by atoms with Crippen molar-refractivity contribution in [1.29, 1.82) is 0 Å². The SMILES string of the molecule is O=C(NC(CC1CCCCC1)c1ncccn1)c1ccncc1F. The summed E-state index contributed by atoms with van der Waals surface area (Å²) in [7, 11) is 0. The van der Waals surface area contributed by atoms with Crippen molar-refractivity contribution < 1.29 is 9.18 Å². The molecule has 1 fully saturated rings. The van der Waals surface area contributed by atoms with Gasteiger partial charge in [0.05, 0.1) is 17.8 Å². The van der Waals surface area contributed by atoms with E-state index in [9.17, 15) is 9.18 Å². The highest BCUT2D eigenvalue weighted by molar-refractivity contribution is 5.94. The van der Waals surface area contributed by atoms with Crippen molar-refractivity contribution >= 4 is 5.91 Å². The second kappa shape index (κ2) is 7.95. The maximum absolute atomic E-state index is 13.8. The molecule has 0 radical (unpaired) electrons. The number of nitrogens with zero attached hydrogens (tertiary/aromatic N) is 3. The topological polar surface area (TPSA) is 67.8 Å². The zero-order valence-electron chi connectivity index (χ0n) is 13.5. The second-order valence-corrected chi connectivity index (χ2v) is 6.23. The first-order valence-electron chi connectivity index (χ1n) is 8.41. The molecule has 1 unspecified atom stereocenters. The average molecular weight is 328 g/mol. The van der Waals surface area contributed by atoms with Crippen LogP contribution in [0.25, 0.3) is 0 Å². The molecule has 0 bridgehead atoms. The predicted molar refractivity (Wildman–Crippen MR) is 87.6 cm³/mol. The Bertz CT molecular complexity index is 674. The second-order valence-electron chi connectivity index (χ2n) is 6.23. The van der Waals surface area contributed by atoms with Gasteiger partial charge in [-0.2, -0.15) is 0 Å². The lowest BCUT2D eigenvalue weighted by atomic mass is 9.84. The van der Waals surface area contributed by atoms with Crippen LogP contribution in [-0.2, 0) is 0 Å². The number of pyridine rings is 1. The monoisotopic (exact) mass is 328 g/mol. The Balaban J connectivity index is 1.76. The number of rotatable bonds is 5. The van der Waals surface area contributed by atoms with Gasteiger partial charge in [-0.25, -0.2) is 14.4 Å². The molecule has 1 saturated carbocycles. The molecule has 2 aromatic heterocycles. The van der Waals surface area contributed by atoms with Crippen molar-refractivity contribution in [3.8, 4) is 0 Å². The van der Waals surface area contributed by atoms with Gasteiger partial charge in [-0.05, 0) is 24.5 Å². The van der Waals surface area contributed by atoms with E-state index in [-0.39, 0.29) is 11.6 Å². The summed E-state index contributed by atoms with van der Waals surface area (Å²) in [5.41, 5.74) is -0.00502. The summed E-state index contributed by atoms with van der Waals surface area (Å²) in [6, 6.07) is 2.81. The van der Waals surface area contributed by atoms with Gasteiger partial charge in [0, 0.05) is 18.6 Å². The number of hydrogen-bond donors (Lipinski definition) is 1. The van der Waals surface area contributed by atoms with Gasteiger partial charge in [-0.15, -0.1) is 0 Å². The van der Waals surface area contributed by atoms with Crippen molar-refractivity contribution in [3.05, 3.63) is 54.1 Å². The van der Waals surface area contributed by atoms with Crippen LogP contribution < -0.4 is 5.32 Å². The zero-order valence-corrected chi connectivity index (χ0v) is 13.5. The van der Waals surface area contributed by atoms with Gasteiger partial charge in [0.1, 0.15) is 5.82 Å². The molecular formula is C18H21FN4O. The summed E-state index contributed by atoms with van der Waals surface area (Å²) in [5.74, 6) is 0.0320. The van der Waals surface area contributed by atoms with E-state index in [1.54, 1.807) is 18.5 Å². The molecule has 1 aliphatic carbocycles. The Labute approximate surface area is 140 Å². The van der Waals surface area contributed by atoms with Crippen molar-refractivity contribution in [2.45, 2.75) is 44.6 Å². The third kappa shape index (κ3) is 4.13. The first kappa shape index (κ1) is 16.5. The van der Waals surface area contributed by atoms with Crippen LogP contribution in [0.3, 0.4) is 0 Å². The molecule has 0 spiro atoms. The van der Waals surface area contributed by atoms with Gasteiger partial charge >= 0.3 is 0 Å². The smallest absolute Gasteiger partial charge is 0.254 e. The van der Waals surface area contributed by atoms with Crippen LogP contribution in [0.2, 0.25) is 0 Å². The summed E-state index contributed by atoms with van der Waals surface area (Å²) in [5, 5.41) is 2.91. The van der Waals surface area contributed by atoms with Gasteiger partial charge in [0.15, 0.2) is 5.82 Å². The molecule has 24 heavy (non-hydrogen) atoms. The summed E-state index contributed by atoms with van der Waals surface area (Å²) < 4.78 is 13.8. The minimum absolute atomic E-state index is 0.00502. The number of aromatic nitrogens is 3. The normalized spacial score (nSPS) is 16.5. The molecule has 0 aromatic carbocycles. The fourth-order valence-corrected chi connectivity index (χ4v) is 3.27. The van der Waals surface area contributed by atoms with Crippen LogP contribution in [0.4, 0.5) is 4.39 Å². The molecule has 2 aromatic rings. The average Bonchev–Trinajstić information content (AvgIpc) is 2.63. The maximum atomic E-state index is 13.8.